The van der Waals surface area contributed by atoms with Crippen molar-refractivity contribution in [3.63, 3.8) is 0 Å². The third-order valence-corrected chi connectivity index (χ3v) is 5.95. The Bertz CT molecular complexity index is 586. The van der Waals surface area contributed by atoms with E-state index in [2.05, 4.69) is 0 Å². The largest absolute Gasteiger partial charge is 0.481 e. The Labute approximate surface area is 175 Å². The molecule has 0 aromatic rings. The van der Waals surface area contributed by atoms with Crippen molar-refractivity contribution in [1.82, 2.24) is 4.90 Å². The number of likely N-dealkylation sites (tertiary alicyclic amines) is 1. The molecule has 0 unspecified atom stereocenters. The topological polar surface area (TPSA) is 91.8 Å². The summed E-state index contributed by atoms with van der Waals surface area (Å²) in [7, 11) is 0. The molecule has 1 saturated heterocycles. The molecule has 1 amide bonds. The van der Waals surface area contributed by atoms with Crippen LogP contribution in [0.1, 0.15) is 92.9 Å². The Morgan fingerprint density at radius 1 is 0.793 bits per heavy atom. The van der Waals surface area contributed by atoms with Crippen molar-refractivity contribution in [2.24, 2.45) is 16.2 Å². The van der Waals surface area contributed by atoms with Crippen LogP contribution in [0.4, 0.5) is 0 Å². The van der Waals surface area contributed by atoms with E-state index >= 15 is 0 Å². The number of amides is 1. The van der Waals surface area contributed by atoms with Crippen LogP contribution in [-0.2, 0) is 19.2 Å². The van der Waals surface area contributed by atoms with Gasteiger partial charge in [0.05, 0.1) is 0 Å². The Morgan fingerprint density at radius 2 is 1.21 bits per heavy atom. The number of carbonyl (C=O) groups is 4. The molecule has 29 heavy (non-hydrogen) atoms. The van der Waals surface area contributed by atoms with Gasteiger partial charge in [-0.3, -0.25) is 19.2 Å². The molecule has 0 spiro atoms. The van der Waals surface area contributed by atoms with Gasteiger partial charge in [-0.15, -0.1) is 0 Å². The zero-order valence-electron chi connectivity index (χ0n) is 19.1. The Balaban J connectivity index is 2.78. The molecule has 1 aliphatic heterocycles. The van der Waals surface area contributed by atoms with Gasteiger partial charge in [-0.2, -0.15) is 0 Å². The molecule has 0 aromatic carbocycles. The number of rotatable bonds is 9. The lowest BCUT2D eigenvalue weighted by molar-refractivity contribution is -0.139. The van der Waals surface area contributed by atoms with Gasteiger partial charge in [0, 0.05) is 49.6 Å². The van der Waals surface area contributed by atoms with Crippen molar-refractivity contribution in [1.29, 1.82) is 0 Å². The molecule has 1 aliphatic rings. The van der Waals surface area contributed by atoms with E-state index in [9.17, 15) is 19.2 Å². The average Bonchev–Trinajstić information content (AvgIpc) is 2.57. The second-order valence-electron chi connectivity index (χ2n) is 10.7. The van der Waals surface area contributed by atoms with Gasteiger partial charge in [0.15, 0.2) is 0 Å². The molecule has 0 aromatic heterocycles. The number of ketones is 2. The minimum atomic E-state index is -0.841. The van der Waals surface area contributed by atoms with Crippen molar-refractivity contribution in [3.05, 3.63) is 0 Å². The van der Waals surface area contributed by atoms with Crippen LogP contribution in [0.15, 0.2) is 0 Å². The SMILES string of the molecule is CC(C)(C)C(=O)CC1(CC(=O)C(C)(C)C)CCN(C(=O)CCCCC(=O)O)CC1. The summed E-state index contributed by atoms with van der Waals surface area (Å²) >= 11 is 0. The number of hydrogen-bond donors (Lipinski definition) is 1. The van der Waals surface area contributed by atoms with Crippen LogP contribution >= 0.6 is 0 Å². The summed E-state index contributed by atoms with van der Waals surface area (Å²) in [6.07, 6.45) is 3.55. The highest BCUT2D eigenvalue weighted by atomic mass is 16.4. The van der Waals surface area contributed by atoms with Crippen LogP contribution in [0.25, 0.3) is 0 Å². The van der Waals surface area contributed by atoms with E-state index in [0.29, 0.717) is 58.0 Å². The molecular formula is C23H39NO5. The van der Waals surface area contributed by atoms with Gasteiger partial charge in [-0.1, -0.05) is 41.5 Å². The average molecular weight is 410 g/mol. The number of carbonyl (C=O) groups excluding carboxylic acids is 3. The number of nitrogens with zero attached hydrogens (tertiary/aromatic N) is 1. The van der Waals surface area contributed by atoms with Gasteiger partial charge in [-0.25, -0.2) is 0 Å². The molecule has 1 fully saturated rings. The highest BCUT2D eigenvalue weighted by Gasteiger charge is 2.42. The normalized spacial score (nSPS) is 17.1. The minimum Gasteiger partial charge on any atom is -0.481 e. The van der Waals surface area contributed by atoms with Crippen molar-refractivity contribution in [2.45, 2.75) is 92.9 Å². The van der Waals surface area contributed by atoms with Gasteiger partial charge >= 0.3 is 5.97 Å². The number of Topliss-reactive ketones (excluding diaryl/α,β-unsaturated/α-hetero) is 2. The summed E-state index contributed by atoms with van der Waals surface area (Å²) < 4.78 is 0. The third kappa shape index (κ3) is 8.27. The second kappa shape index (κ2) is 9.86. The fourth-order valence-electron chi connectivity index (χ4n) is 3.57. The Morgan fingerprint density at radius 3 is 1.59 bits per heavy atom. The molecule has 6 heteroatoms. The van der Waals surface area contributed by atoms with E-state index in [1.165, 1.54) is 0 Å². The third-order valence-electron chi connectivity index (χ3n) is 5.95. The molecular weight excluding hydrogens is 370 g/mol. The second-order valence-corrected chi connectivity index (χ2v) is 10.7. The van der Waals surface area contributed by atoms with Crippen LogP contribution in [0, 0.1) is 16.2 Å². The molecule has 1 heterocycles. The quantitative estimate of drug-likeness (QED) is 0.575. The van der Waals surface area contributed by atoms with E-state index in [4.69, 9.17) is 5.11 Å². The molecule has 166 valence electrons. The van der Waals surface area contributed by atoms with E-state index in [-0.39, 0.29) is 29.3 Å². The van der Waals surface area contributed by atoms with E-state index < -0.39 is 16.8 Å². The lowest BCUT2D eigenvalue weighted by Gasteiger charge is -2.43. The fraction of sp³-hybridized carbons (Fsp3) is 0.826. The lowest BCUT2D eigenvalue weighted by Crippen LogP contribution is -2.46. The number of aliphatic carboxylic acids is 1. The molecule has 6 nitrogen and oxygen atoms in total. The first-order valence-electron chi connectivity index (χ1n) is 10.7. The number of carboxylic acid groups (broad SMARTS) is 1. The maximum absolute atomic E-state index is 12.8. The zero-order chi connectivity index (χ0) is 22.5. The number of piperidine rings is 1. The van der Waals surface area contributed by atoms with Crippen LogP contribution < -0.4 is 0 Å². The molecule has 0 saturated carbocycles. The zero-order valence-corrected chi connectivity index (χ0v) is 19.1. The molecule has 0 radical (unpaired) electrons. The van der Waals surface area contributed by atoms with Crippen molar-refractivity contribution in [3.8, 4) is 0 Å². The molecule has 0 bridgehead atoms. The lowest BCUT2D eigenvalue weighted by atomic mass is 9.66. The van der Waals surface area contributed by atoms with Gasteiger partial charge in [0.2, 0.25) is 5.91 Å². The minimum absolute atomic E-state index is 0.0354. The number of carboxylic acids is 1. The summed E-state index contributed by atoms with van der Waals surface area (Å²) in [5.41, 5.74) is -1.28. The first-order valence-corrected chi connectivity index (χ1v) is 10.7. The van der Waals surface area contributed by atoms with E-state index in [1.807, 2.05) is 46.4 Å². The summed E-state index contributed by atoms with van der Waals surface area (Å²) in [5, 5.41) is 8.69. The molecule has 0 atom stereocenters. The maximum atomic E-state index is 12.8. The van der Waals surface area contributed by atoms with Crippen LogP contribution in [0.2, 0.25) is 0 Å². The van der Waals surface area contributed by atoms with Gasteiger partial charge in [0.25, 0.3) is 0 Å². The van der Waals surface area contributed by atoms with Crippen LogP contribution in [0.5, 0.6) is 0 Å². The molecule has 0 aliphatic carbocycles. The number of unbranched alkanes of at least 4 members (excludes halogenated alkanes) is 1. The number of hydrogen-bond acceptors (Lipinski definition) is 4. The molecule has 1 rings (SSSR count). The summed E-state index contributed by atoms with van der Waals surface area (Å²) in [6, 6.07) is 0. The van der Waals surface area contributed by atoms with Crippen LogP contribution in [0.3, 0.4) is 0 Å². The van der Waals surface area contributed by atoms with Crippen molar-refractivity contribution >= 4 is 23.4 Å². The van der Waals surface area contributed by atoms with Crippen molar-refractivity contribution in [2.75, 3.05) is 13.1 Å². The van der Waals surface area contributed by atoms with Crippen molar-refractivity contribution < 1.29 is 24.3 Å². The fourth-order valence-corrected chi connectivity index (χ4v) is 3.57. The predicted molar refractivity (Wildman–Crippen MR) is 113 cm³/mol. The van der Waals surface area contributed by atoms with Crippen LogP contribution in [-0.4, -0.2) is 46.5 Å². The monoisotopic (exact) mass is 409 g/mol. The first-order chi connectivity index (χ1) is 13.2. The highest BCUT2D eigenvalue weighted by molar-refractivity contribution is 5.87. The molecule has 1 N–H and O–H groups in total. The van der Waals surface area contributed by atoms with Gasteiger partial charge in [-0.05, 0) is 31.1 Å². The summed E-state index contributed by atoms with van der Waals surface area (Å²) in [6.45, 7) is 12.5. The van der Waals surface area contributed by atoms with E-state index in [1.54, 1.807) is 0 Å². The van der Waals surface area contributed by atoms with E-state index in [0.717, 1.165) is 0 Å². The standard InChI is InChI=1S/C23H39NO5/c1-21(2,3)17(25)15-23(16-18(26)22(4,5)6)11-13-24(14-12-23)19(27)9-7-8-10-20(28)29/h7-16H2,1-6H3,(H,28,29). The Hall–Kier alpha value is -1.72. The Kier molecular flexibility index (Phi) is 8.60. The summed E-state index contributed by atoms with van der Waals surface area (Å²) in [4.78, 5) is 50.4. The first kappa shape index (κ1) is 25.3. The smallest absolute Gasteiger partial charge is 0.303 e. The van der Waals surface area contributed by atoms with Gasteiger partial charge < -0.3 is 10.0 Å². The highest BCUT2D eigenvalue weighted by Crippen LogP contribution is 2.42. The summed E-state index contributed by atoms with van der Waals surface area (Å²) in [5.74, 6) is -0.485. The predicted octanol–water partition coefficient (Wildman–Crippen LogP) is 4.25. The maximum Gasteiger partial charge on any atom is 0.303 e. The van der Waals surface area contributed by atoms with Gasteiger partial charge in [0.1, 0.15) is 11.6 Å².